The molecule has 4 aliphatic carbocycles. The summed E-state index contributed by atoms with van der Waals surface area (Å²) in [6.45, 7) is 7.55. The van der Waals surface area contributed by atoms with Crippen molar-refractivity contribution < 1.29 is 10.2 Å². The molecule has 2 heteroatoms. The molecule has 0 heterocycles. The summed E-state index contributed by atoms with van der Waals surface area (Å²) in [5, 5.41) is 20.7. The number of hydrogen-bond donors (Lipinski definition) is 2. The van der Waals surface area contributed by atoms with Crippen molar-refractivity contribution in [2.75, 3.05) is 6.61 Å². The molecule has 6 atom stereocenters. The van der Waals surface area contributed by atoms with Crippen molar-refractivity contribution in [2.45, 2.75) is 84.2 Å². The van der Waals surface area contributed by atoms with E-state index in [2.05, 4.69) is 20.8 Å². The average molecular weight is 306 g/mol. The van der Waals surface area contributed by atoms with Crippen LogP contribution in [0.5, 0.6) is 0 Å². The Labute approximate surface area is 135 Å². The molecule has 0 aromatic heterocycles. The molecule has 4 aliphatic rings. The molecule has 2 N–H and O–H groups in total. The minimum absolute atomic E-state index is 0.0300. The van der Waals surface area contributed by atoms with Crippen LogP contribution in [0.25, 0.3) is 0 Å². The molecule has 0 saturated heterocycles. The van der Waals surface area contributed by atoms with Gasteiger partial charge in [0.15, 0.2) is 0 Å². The minimum atomic E-state index is -0.776. The normalized spacial score (nSPS) is 56.3. The van der Waals surface area contributed by atoms with Gasteiger partial charge in [-0.15, -0.1) is 0 Å². The van der Waals surface area contributed by atoms with Gasteiger partial charge >= 0.3 is 0 Å². The second kappa shape index (κ2) is 4.51. The molecule has 1 spiro atoms. The summed E-state index contributed by atoms with van der Waals surface area (Å²) in [5.74, 6) is 1.98. The summed E-state index contributed by atoms with van der Waals surface area (Å²) >= 11 is 0. The molecule has 0 unspecified atom stereocenters. The van der Waals surface area contributed by atoms with E-state index in [1.807, 2.05) is 0 Å². The minimum Gasteiger partial charge on any atom is -0.393 e. The Morgan fingerprint density at radius 3 is 2.45 bits per heavy atom. The van der Waals surface area contributed by atoms with Crippen molar-refractivity contribution in [3.05, 3.63) is 0 Å². The lowest BCUT2D eigenvalue weighted by atomic mass is 9.41. The van der Waals surface area contributed by atoms with Crippen molar-refractivity contribution in [1.29, 1.82) is 0 Å². The quantitative estimate of drug-likeness (QED) is 0.764. The van der Waals surface area contributed by atoms with Crippen molar-refractivity contribution in [3.8, 4) is 0 Å². The fourth-order valence-corrected chi connectivity index (χ4v) is 8.13. The van der Waals surface area contributed by atoms with E-state index >= 15 is 0 Å². The van der Waals surface area contributed by atoms with Gasteiger partial charge < -0.3 is 10.2 Å². The molecule has 22 heavy (non-hydrogen) atoms. The molecule has 0 aromatic rings. The molecule has 0 amide bonds. The molecule has 4 rings (SSSR count). The Morgan fingerprint density at radius 1 is 0.955 bits per heavy atom. The molecular weight excluding hydrogens is 272 g/mol. The van der Waals surface area contributed by atoms with Gasteiger partial charge in [0.2, 0.25) is 0 Å². The first kappa shape index (κ1) is 15.4. The third-order valence-electron chi connectivity index (χ3n) is 8.89. The standard InChI is InChI=1S/C20H34O2/c1-17(2)8-4-9-18(3)15(17)7-10-19-11-14(5-6-16(18)19)20(22,12-19)13-21/h14-16,21-22H,4-13H2,1-3H3/t14-,15+,16-,18+,19-,20-/m0/s1. The van der Waals surface area contributed by atoms with E-state index in [1.165, 1.54) is 44.9 Å². The van der Waals surface area contributed by atoms with Gasteiger partial charge in [0.1, 0.15) is 0 Å². The van der Waals surface area contributed by atoms with E-state index in [0.717, 1.165) is 24.7 Å². The topological polar surface area (TPSA) is 40.5 Å². The summed E-state index contributed by atoms with van der Waals surface area (Å²) in [5.41, 5.74) is 0.504. The molecule has 4 saturated carbocycles. The maximum absolute atomic E-state index is 10.9. The van der Waals surface area contributed by atoms with Crippen LogP contribution in [0.15, 0.2) is 0 Å². The van der Waals surface area contributed by atoms with Gasteiger partial charge in [-0.1, -0.05) is 27.2 Å². The SMILES string of the molecule is CC1(C)CCC[C@]2(C)[C@@H]1CC[C@@]13C[C@H](CC[C@H]12)[C@@](O)(CO)C3. The van der Waals surface area contributed by atoms with Crippen LogP contribution in [0.4, 0.5) is 0 Å². The largest absolute Gasteiger partial charge is 0.393 e. The number of aliphatic hydroxyl groups is 2. The van der Waals surface area contributed by atoms with Crippen LogP contribution in [0, 0.1) is 34.0 Å². The fourth-order valence-electron chi connectivity index (χ4n) is 8.13. The van der Waals surface area contributed by atoms with Crippen LogP contribution in [-0.2, 0) is 0 Å². The van der Waals surface area contributed by atoms with Gasteiger partial charge in [-0.2, -0.15) is 0 Å². The van der Waals surface area contributed by atoms with E-state index in [-0.39, 0.29) is 6.61 Å². The molecular formula is C20H34O2. The molecule has 2 bridgehead atoms. The highest BCUT2D eigenvalue weighted by molar-refractivity contribution is 5.16. The highest BCUT2D eigenvalue weighted by Gasteiger charge is 2.66. The zero-order valence-electron chi connectivity index (χ0n) is 14.7. The molecule has 0 aromatic carbocycles. The van der Waals surface area contributed by atoms with Crippen molar-refractivity contribution in [3.63, 3.8) is 0 Å². The first-order valence-electron chi connectivity index (χ1n) is 9.59. The Balaban J connectivity index is 1.72. The van der Waals surface area contributed by atoms with E-state index in [4.69, 9.17) is 0 Å². The number of fused-ring (bicyclic) bond motifs is 3. The lowest BCUT2D eigenvalue weighted by Gasteiger charge is -2.64. The van der Waals surface area contributed by atoms with Crippen LogP contribution in [0.2, 0.25) is 0 Å². The first-order valence-corrected chi connectivity index (χ1v) is 9.59. The van der Waals surface area contributed by atoms with Gasteiger partial charge in [0.05, 0.1) is 12.2 Å². The van der Waals surface area contributed by atoms with Gasteiger partial charge in [0, 0.05) is 0 Å². The maximum atomic E-state index is 10.9. The third kappa shape index (κ3) is 1.80. The van der Waals surface area contributed by atoms with E-state index < -0.39 is 5.60 Å². The van der Waals surface area contributed by atoms with Crippen molar-refractivity contribution >= 4 is 0 Å². The number of hydrogen-bond acceptors (Lipinski definition) is 2. The second-order valence-electron chi connectivity index (χ2n) is 10.3. The number of rotatable bonds is 1. The van der Waals surface area contributed by atoms with Gasteiger partial charge in [0.25, 0.3) is 0 Å². The third-order valence-corrected chi connectivity index (χ3v) is 8.89. The second-order valence-corrected chi connectivity index (χ2v) is 10.3. The van der Waals surface area contributed by atoms with E-state index in [1.54, 1.807) is 0 Å². The Morgan fingerprint density at radius 2 is 1.73 bits per heavy atom. The van der Waals surface area contributed by atoms with Gasteiger partial charge in [-0.05, 0) is 85.4 Å². The van der Waals surface area contributed by atoms with Crippen molar-refractivity contribution in [1.82, 2.24) is 0 Å². The summed E-state index contributed by atoms with van der Waals surface area (Å²) in [4.78, 5) is 0. The van der Waals surface area contributed by atoms with Crippen LogP contribution in [0.1, 0.15) is 78.6 Å². The highest BCUT2D eigenvalue weighted by Crippen LogP contribution is 2.72. The summed E-state index contributed by atoms with van der Waals surface area (Å²) in [6.07, 6.45) is 11.2. The van der Waals surface area contributed by atoms with Crippen molar-refractivity contribution in [2.24, 2.45) is 34.0 Å². The van der Waals surface area contributed by atoms with Crippen LogP contribution < -0.4 is 0 Å². The van der Waals surface area contributed by atoms with E-state index in [0.29, 0.717) is 22.2 Å². The average Bonchev–Trinajstić information content (AvgIpc) is 2.65. The monoisotopic (exact) mass is 306 g/mol. The van der Waals surface area contributed by atoms with Gasteiger partial charge in [-0.25, -0.2) is 0 Å². The van der Waals surface area contributed by atoms with Crippen LogP contribution in [0.3, 0.4) is 0 Å². The highest BCUT2D eigenvalue weighted by atomic mass is 16.3. The molecule has 2 nitrogen and oxygen atoms in total. The van der Waals surface area contributed by atoms with E-state index in [9.17, 15) is 10.2 Å². The molecule has 4 fully saturated rings. The fraction of sp³-hybridized carbons (Fsp3) is 1.00. The Hall–Kier alpha value is -0.0800. The molecule has 0 radical (unpaired) electrons. The zero-order chi connectivity index (χ0) is 15.8. The van der Waals surface area contributed by atoms with Crippen LogP contribution in [-0.4, -0.2) is 22.4 Å². The van der Waals surface area contributed by atoms with Gasteiger partial charge in [-0.3, -0.25) is 0 Å². The zero-order valence-corrected chi connectivity index (χ0v) is 14.7. The Bertz CT molecular complexity index is 472. The number of aliphatic hydroxyl groups excluding tert-OH is 1. The molecule has 126 valence electrons. The predicted octanol–water partition coefficient (Wildman–Crippen LogP) is 4.14. The lowest BCUT2D eigenvalue weighted by Crippen LogP contribution is -2.55. The Kier molecular flexibility index (Phi) is 3.16. The smallest absolute Gasteiger partial charge is 0.0910 e. The lowest BCUT2D eigenvalue weighted by molar-refractivity contribution is -0.145. The summed E-state index contributed by atoms with van der Waals surface area (Å²) < 4.78 is 0. The predicted molar refractivity (Wildman–Crippen MR) is 88.4 cm³/mol. The molecule has 0 aliphatic heterocycles. The maximum Gasteiger partial charge on any atom is 0.0910 e. The summed E-state index contributed by atoms with van der Waals surface area (Å²) in [7, 11) is 0. The van der Waals surface area contributed by atoms with Crippen LogP contribution >= 0.6 is 0 Å². The summed E-state index contributed by atoms with van der Waals surface area (Å²) in [6, 6.07) is 0. The first-order chi connectivity index (χ1) is 10.3.